The lowest BCUT2D eigenvalue weighted by molar-refractivity contribution is -0.0521. The third-order valence-corrected chi connectivity index (χ3v) is 6.03. The van der Waals surface area contributed by atoms with Crippen molar-refractivity contribution in [1.29, 1.82) is 0 Å². The van der Waals surface area contributed by atoms with Crippen LogP contribution in [0.3, 0.4) is 0 Å². The van der Waals surface area contributed by atoms with Gasteiger partial charge in [-0.2, -0.15) is 13.9 Å². The van der Waals surface area contributed by atoms with Crippen LogP contribution in [0.1, 0.15) is 36.7 Å². The lowest BCUT2D eigenvalue weighted by Gasteiger charge is -2.25. The van der Waals surface area contributed by atoms with Crippen molar-refractivity contribution in [2.75, 3.05) is 11.5 Å². The molecule has 0 N–H and O–H groups in total. The molecule has 2 heterocycles. The average molecular weight is 496 g/mol. The second kappa shape index (κ2) is 10.3. The van der Waals surface area contributed by atoms with Gasteiger partial charge in [0.25, 0.3) is 0 Å². The van der Waals surface area contributed by atoms with Gasteiger partial charge in [-0.3, -0.25) is 4.57 Å². The molecule has 188 valence electrons. The molecule has 1 aliphatic rings. The monoisotopic (exact) mass is 495 g/mol. The number of ether oxygens (including phenoxy) is 2. The van der Waals surface area contributed by atoms with Gasteiger partial charge in [-0.25, -0.2) is 9.67 Å². The summed E-state index contributed by atoms with van der Waals surface area (Å²) in [5, 5.41) is 13.0. The number of hydrogen-bond donors (Lipinski definition) is 0. The zero-order valence-corrected chi connectivity index (χ0v) is 20.1. The summed E-state index contributed by atoms with van der Waals surface area (Å²) in [5.74, 6) is 1.70. The van der Waals surface area contributed by atoms with Crippen molar-refractivity contribution < 1.29 is 18.3 Å². The number of para-hydroxylation sites is 1. The molecule has 1 fully saturated rings. The molecule has 2 aromatic carbocycles. The largest absolute Gasteiger partial charge is 0.490 e. The molecule has 1 aliphatic carbocycles. The van der Waals surface area contributed by atoms with Crippen molar-refractivity contribution >= 4 is 5.95 Å². The zero-order chi connectivity index (χ0) is 25.1. The van der Waals surface area contributed by atoms with E-state index in [4.69, 9.17) is 9.47 Å². The van der Waals surface area contributed by atoms with Gasteiger partial charge in [0, 0.05) is 18.2 Å². The van der Waals surface area contributed by atoms with Gasteiger partial charge in [-0.1, -0.05) is 24.3 Å². The van der Waals surface area contributed by atoms with Gasteiger partial charge < -0.3 is 14.4 Å². The van der Waals surface area contributed by atoms with Crippen LogP contribution in [0.2, 0.25) is 0 Å². The van der Waals surface area contributed by atoms with Crippen LogP contribution in [0.5, 0.6) is 11.5 Å². The second-order valence-corrected chi connectivity index (χ2v) is 8.55. The number of aryl methyl sites for hydroxylation is 1. The number of nitrogens with zero attached hydrogens (tertiary/aromatic N) is 7. The van der Waals surface area contributed by atoms with Crippen LogP contribution in [0.4, 0.5) is 14.7 Å². The summed E-state index contributed by atoms with van der Waals surface area (Å²) >= 11 is 0. The molecule has 0 aliphatic heterocycles. The first kappa shape index (κ1) is 23.7. The minimum Gasteiger partial charge on any atom is -0.490 e. The number of halogens is 2. The molecule has 0 spiro atoms. The van der Waals surface area contributed by atoms with E-state index in [1.807, 2.05) is 23.6 Å². The van der Waals surface area contributed by atoms with Gasteiger partial charge in [-0.05, 0) is 50.5 Å². The minimum atomic E-state index is -2.96. The van der Waals surface area contributed by atoms with E-state index < -0.39 is 6.61 Å². The number of rotatable bonds is 11. The van der Waals surface area contributed by atoms with Crippen molar-refractivity contribution in [3.8, 4) is 17.2 Å². The Kier molecular flexibility index (Phi) is 6.79. The Morgan fingerprint density at radius 3 is 2.58 bits per heavy atom. The molecule has 11 heteroatoms. The maximum Gasteiger partial charge on any atom is 0.387 e. The summed E-state index contributed by atoms with van der Waals surface area (Å²) < 4.78 is 40.5. The highest BCUT2D eigenvalue weighted by Gasteiger charge is 2.33. The average Bonchev–Trinajstić information content (AvgIpc) is 3.44. The lowest BCUT2D eigenvalue weighted by atomic mass is 10.1. The van der Waals surface area contributed by atoms with Crippen molar-refractivity contribution in [1.82, 2.24) is 29.5 Å². The number of alkyl halides is 2. The SMILES string of the molecule is CCOc1cccc(Cn2c(C)nnc2N(Cc2ccc(-n3cncn3)cc2)C2CC2)c1OC(F)F. The van der Waals surface area contributed by atoms with Crippen LogP contribution >= 0.6 is 0 Å². The van der Waals surface area contributed by atoms with Crippen LogP contribution in [-0.4, -0.2) is 48.8 Å². The molecule has 0 saturated heterocycles. The third-order valence-electron chi connectivity index (χ3n) is 6.03. The van der Waals surface area contributed by atoms with E-state index in [-0.39, 0.29) is 18.0 Å². The fourth-order valence-electron chi connectivity index (χ4n) is 4.16. The molecule has 9 nitrogen and oxygen atoms in total. The minimum absolute atomic E-state index is 0.0371. The van der Waals surface area contributed by atoms with E-state index >= 15 is 0 Å². The second-order valence-electron chi connectivity index (χ2n) is 8.55. The summed E-state index contributed by atoms with van der Waals surface area (Å²) in [4.78, 5) is 6.22. The normalized spacial score (nSPS) is 13.2. The molecular weight excluding hydrogens is 468 g/mol. The molecule has 4 aromatic rings. The molecule has 0 amide bonds. The molecule has 0 atom stereocenters. The van der Waals surface area contributed by atoms with Crippen LogP contribution in [0, 0.1) is 6.92 Å². The first-order valence-corrected chi connectivity index (χ1v) is 11.8. The number of aromatic nitrogens is 6. The fraction of sp³-hybridized carbons (Fsp3) is 0.360. The quantitative estimate of drug-likeness (QED) is 0.305. The molecule has 5 rings (SSSR count). The summed E-state index contributed by atoms with van der Waals surface area (Å²) in [6.07, 6.45) is 5.27. The van der Waals surface area contributed by atoms with Gasteiger partial charge in [0.1, 0.15) is 18.5 Å². The highest BCUT2D eigenvalue weighted by atomic mass is 19.3. The first-order chi connectivity index (χ1) is 17.5. The Hall–Kier alpha value is -4.02. The molecule has 0 unspecified atom stereocenters. The molecule has 36 heavy (non-hydrogen) atoms. The van der Waals surface area contributed by atoms with Gasteiger partial charge >= 0.3 is 6.61 Å². The maximum atomic E-state index is 13.2. The van der Waals surface area contributed by atoms with E-state index in [0.29, 0.717) is 36.5 Å². The Balaban J connectivity index is 1.43. The molecule has 0 bridgehead atoms. The van der Waals surface area contributed by atoms with Crippen molar-refractivity contribution in [2.45, 2.75) is 52.4 Å². The Labute approximate surface area is 207 Å². The number of hydrogen-bond acceptors (Lipinski definition) is 7. The summed E-state index contributed by atoms with van der Waals surface area (Å²) in [6, 6.07) is 13.6. The van der Waals surface area contributed by atoms with E-state index in [1.54, 1.807) is 36.1 Å². The Bertz CT molecular complexity index is 1290. The van der Waals surface area contributed by atoms with E-state index in [0.717, 1.165) is 24.1 Å². The van der Waals surface area contributed by atoms with Crippen LogP contribution in [0.15, 0.2) is 55.1 Å². The van der Waals surface area contributed by atoms with E-state index in [1.165, 1.54) is 6.33 Å². The maximum absolute atomic E-state index is 13.2. The van der Waals surface area contributed by atoms with Crippen LogP contribution < -0.4 is 14.4 Å². The van der Waals surface area contributed by atoms with Gasteiger partial charge in [-0.15, -0.1) is 10.2 Å². The summed E-state index contributed by atoms with van der Waals surface area (Å²) in [6.45, 7) is 1.94. The highest BCUT2D eigenvalue weighted by molar-refractivity contribution is 5.48. The third kappa shape index (κ3) is 5.14. The standard InChI is InChI=1S/C25H27F2N7O2/c1-3-35-22-6-4-5-19(23(22)36-24(26)27)14-32-17(2)30-31-25(32)33(20-11-12-20)13-18-7-9-21(10-8-18)34-16-28-15-29-34/h4-10,15-16,20,24H,3,11-14H2,1-2H3. The van der Waals surface area contributed by atoms with Crippen molar-refractivity contribution in [2.24, 2.45) is 0 Å². The molecule has 2 aromatic heterocycles. The van der Waals surface area contributed by atoms with Gasteiger partial charge in [0.05, 0.1) is 18.8 Å². The Morgan fingerprint density at radius 2 is 1.92 bits per heavy atom. The van der Waals surface area contributed by atoms with E-state index in [2.05, 4.69) is 37.3 Å². The highest BCUT2D eigenvalue weighted by Crippen LogP contribution is 2.36. The van der Waals surface area contributed by atoms with E-state index in [9.17, 15) is 8.78 Å². The smallest absolute Gasteiger partial charge is 0.387 e. The fourth-order valence-corrected chi connectivity index (χ4v) is 4.16. The topological polar surface area (TPSA) is 83.1 Å². The summed E-state index contributed by atoms with van der Waals surface area (Å²) in [5.41, 5.74) is 2.60. The van der Waals surface area contributed by atoms with Gasteiger partial charge in [0.2, 0.25) is 5.95 Å². The van der Waals surface area contributed by atoms with Gasteiger partial charge in [0.15, 0.2) is 11.5 Å². The lowest BCUT2D eigenvalue weighted by Crippen LogP contribution is -2.28. The van der Waals surface area contributed by atoms with Crippen molar-refractivity contribution in [3.05, 3.63) is 72.1 Å². The zero-order valence-electron chi connectivity index (χ0n) is 20.1. The first-order valence-electron chi connectivity index (χ1n) is 11.8. The number of anilines is 1. The number of benzene rings is 2. The molecular formula is C25H27F2N7O2. The van der Waals surface area contributed by atoms with Crippen LogP contribution in [-0.2, 0) is 13.1 Å². The van der Waals surface area contributed by atoms with Crippen molar-refractivity contribution in [3.63, 3.8) is 0 Å². The Morgan fingerprint density at radius 1 is 1.11 bits per heavy atom. The molecule has 1 saturated carbocycles. The molecule has 0 radical (unpaired) electrons. The predicted molar refractivity (Wildman–Crippen MR) is 129 cm³/mol. The van der Waals surface area contributed by atoms with Crippen LogP contribution in [0.25, 0.3) is 5.69 Å². The predicted octanol–water partition coefficient (Wildman–Crippen LogP) is 4.38. The summed E-state index contributed by atoms with van der Waals surface area (Å²) in [7, 11) is 0.